The number of benzene rings is 1. The predicted molar refractivity (Wildman–Crippen MR) is 70.1 cm³/mol. The van der Waals surface area contributed by atoms with Crippen molar-refractivity contribution in [1.29, 1.82) is 0 Å². The van der Waals surface area contributed by atoms with E-state index in [1.54, 1.807) is 0 Å². The number of rotatable bonds is 1. The molecule has 1 fully saturated rings. The number of fused-ring (bicyclic) bond motifs is 1. The molecule has 1 N–H and O–H groups in total. The number of nitrogens with one attached hydrogen (secondary N) is 1. The van der Waals surface area contributed by atoms with E-state index in [0.717, 1.165) is 31.7 Å². The van der Waals surface area contributed by atoms with Gasteiger partial charge in [-0.2, -0.15) is 0 Å². The lowest BCUT2D eigenvalue weighted by atomic mass is 10.1. The van der Waals surface area contributed by atoms with E-state index in [2.05, 4.69) is 12.2 Å². The van der Waals surface area contributed by atoms with Crippen molar-refractivity contribution >= 4 is 11.6 Å². The average molecular weight is 246 g/mol. The fourth-order valence-electron chi connectivity index (χ4n) is 2.63. The first-order valence-corrected chi connectivity index (χ1v) is 6.54. The van der Waals surface area contributed by atoms with Crippen molar-refractivity contribution in [1.82, 2.24) is 4.90 Å². The second kappa shape index (κ2) is 4.52. The van der Waals surface area contributed by atoms with Gasteiger partial charge in [0.05, 0.1) is 11.3 Å². The number of likely N-dealkylation sites (tertiary alicyclic amines) is 1. The van der Waals surface area contributed by atoms with Gasteiger partial charge in [-0.1, -0.05) is 13.0 Å². The Morgan fingerprint density at radius 1 is 1.50 bits per heavy atom. The maximum absolute atomic E-state index is 12.5. The van der Waals surface area contributed by atoms with Gasteiger partial charge in [-0.3, -0.25) is 4.79 Å². The maximum atomic E-state index is 12.5. The number of nitrogens with zero attached hydrogens (tertiary/aromatic N) is 1. The largest absolute Gasteiger partial charge is 0.489 e. The summed E-state index contributed by atoms with van der Waals surface area (Å²) in [5, 5.41) is 3.26. The molecule has 2 aliphatic heterocycles. The van der Waals surface area contributed by atoms with Crippen LogP contribution in [0.4, 0.5) is 5.69 Å². The fourth-order valence-corrected chi connectivity index (χ4v) is 2.63. The molecule has 96 valence electrons. The highest BCUT2D eigenvalue weighted by Crippen LogP contribution is 2.32. The van der Waals surface area contributed by atoms with Crippen molar-refractivity contribution in [3.63, 3.8) is 0 Å². The Balaban J connectivity index is 1.90. The van der Waals surface area contributed by atoms with Gasteiger partial charge >= 0.3 is 0 Å². The highest BCUT2D eigenvalue weighted by Gasteiger charge is 2.27. The van der Waals surface area contributed by atoms with Gasteiger partial charge in [-0.25, -0.2) is 0 Å². The highest BCUT2D eigenvalue weighted by molar-refractivity contribution is 5.99. The van der Waals surface area contributed by atoms with Crippen molar-refractivity contribution in [2.45, 2.75) is 13.3 Å². The third-order valence-corrected chi connectivity index (χ3v) is 3.62. The van der Waals surface area contributed by atoms with Crippen LogP contribution in [-0.4, -0.2) is 37.0 Å². The van der Waals surface area contributed by atoms with E-state index in [4.69, 9.17) is 4.74 Å². The van der Waals surface area contributed by atoms with Gasteiger partial charge in [-0.05, 0) is 24.5 Å². The van der Waals surface area contributed by atoms with E-state index in [0.29, 0.717) is 23.8 Å². The standard InChI is InChI=1S/C14H18N2O2/c1-10-5-7-16(9-10)14(17)11-3-2-4-12-13(11)18-8-6-15-12/h2-4,10,15H,5-9H2,1H3. The number of para-hydroxylation sites is 1. The zero-order valence-electron chi connectivity index (χ0n) is 10.6. The lowest BCUT2D eigenvalue weighted by molar-refractivity contribution is 0.0783. The predicted octanol–water partition coefficient (Wildman–Crippen LogP) is 1.97. The first-order chi connectivity index (χ1) is 8.75. The SMILES string of the molecule is CC1CCN(C(=O)c2cccc3c2OCCN3)C1. The minimum absolute atomic E-state index is 0.0971. The van der Waals surface area contributed by atoms with Crippen molar-refractivity contribution in [3.05, 3.63) is 23.8 Å². The van der Waals surface area contributed by atoms with Crippen LogP contribution in [0, 0.1) is 5.92 Å². The number of anilines is 1. The van der Waals surface area contributed by atoms with E-state index in [-0.39, 0.29) is 5.91 Å². The number of amides is 1. The van der Waals surface area contributed by atoms with E-state index >= 15 is 0 Å². The summed E-state index contributed by atoms with van der Waals surface area (Å²) in [6.07, 6.45) is 1.10. The van der Waals surface area contributed by atoms with Gasteiger partial charge < -0.3 is 15.0 Å². The maximum Gasteiger partial charge on any atom is 0.257 e. The molecule has 0 spiro atoms. The average Bonchev–Trinajstić information content (AvgIpc) is 2.84. The Morgan fingerprint density at radius 2 is 2.39 bits per heavy atom. The third-order valence-electron chi connectivity index (χ3n) is 3.62. The van der Waals surface area contributed by atoms with Gasteiger partial charge in [0.15, 0.2) is 5.75 Å². The molecule has 0 radical (unpaired) electrons. The van der Waals surface area contributed by atoms with E-state index in [1.165, 1.54) is 0 Å². The number of carbonyl (C=O) groups is 1. The molecule has 0 bridgehead atoms. The molecule has 1 amide bonds. The molecule has 1 saturated heterocycles. The van der Waals surface area contributed by atoms with Crippen molar-refractivity contribution in [2.24, 2.45) is 5.92 Å². The Hall–Kier alpha value is -1.71. The number of hydrogen-bond donors (Lipinski definition) is 1. The molecule has 0 saturated carbocycles. The smallest absolute Gasteiger partial charge is 0.257 e. The topological polar surface area (TPSA) is 41.6 Å². The van der Waals surface area contributed by atoms with Crippen LogP contribution in [0.15, 0.2) is 18.2 Å². The second-order valence-electron chi connectivity index (χ2n) is 5.10. The summed E-state index contributed by atoms with van der Waals surface area (Å²) in [6.45, 7) is 5.32. The molecule has 2 heterocycles. The summed E-state index contributed by atoms with van der Waals surface area (Å²) in [6, 6.07) is 5.72. The van der Waals surface area contributed by atoms with Crippen LogP contribution in [0.3, 0.4) is 0 Å². The Kier molecular flexibility index (Phi) is 2.86. The molecule has 18 heavy (non-hydrogen) atoms. The second-order valence-corrected chi connectivity index (χ2v) is 5.10. The molecular weight excluding hydrogens is 228 g/mol. The zero-order valence-corrected chi connectivity index (χ0v) is 10.6. The van der Waals surface area contributed by atoms with E-state index in [1.807, 2.05) is 23.1 Å². The lowest BCUT2D eigenvalue weighted by Gasteiger charge is -2.23. The Labute approximate surface area is 107 Å². The van der Waals surface area contributed by atoms with Crippen molar-refractivity contribution in [2.75, 3.05) is 31.6 Å². The quantitative estimate of drug-likeness (QED) is 0.823. The van der Waals surface area contributed by atoms with Crippen LogP contribution in [0.2, 0.25) is 0 Å². The fraction of sp³-hybridized carbons (Fsp3) is 0.500. The van der Waals surface area contributed by atoms with Gasteiger partial charge in [0.25, 0.3) is 5.91 Å². The number of carbonyl (C=O) groups excluding carboxylic acids is 1. The molecule has 4 nitrogen and oxygen atoms in total. The molecule has 2 aliphatic rings. The van der Waals surface area contributed by atoms with Crippen LogP contribution in [0.25, 0.3) is 0 Å². The molecule has 1 aromatic carbocycles. The monoisotopic (exact) mass is 246 g/mol. The molecule has 1 aromatic rings. The summed E-state index contributed by atoms with van der Waals surface area (Å²) in [7, 11) is 0. The summed E-state index contributed by atoms with van der Waals surface area (Å²) in [5.41, 5.74) is 1.62. The van der Waals surface area contributed by atoms with Crippen molar-refractivity contribution < 1.29 is 9.53 Å². The van der Waals surface area contributed by atoms with Crippen LogP contribution in [-0.2, 0) is 0 Å². The third kappa shape index (κ3) is 1.92. The Bertz CT molecular complexity index is 473. The first kappa shape index (κ1) is 11.4. The number of hydrogen-bond acceptors (Lipinski definition) is 3. The molecule has 3 rings (SSSR count). The van der Waals surface area contributed by atoms with Gasteiger partial charge in [0.1, 0.15) is 6.61 Å². The minimum atomic E-state index is 0.0971. The van der Waals surface area contributed by atoms with Crippen LogP contribution in [0.5, 0.6) is 5.75 Å². The van der Waals surface area contributed by atoms with Gasteiger partial charge in [0.2, 0.25) is 0 Å². The minimum Gasteiger partial charge on any atom is -0.489 e. The summed E-state index contributed by atoms with van der Waals surface area (Å²) < 4.78 is 5.65. The molecular formula is C14H18N2O2. The van der Waals surface area contributed by atoms with Crippen molar-refractivity contribution in [3.8, 4) is 5.75 Å². The Morgan fingerprint density at radius 3 is 3.17 bits per heavy atom. The number of ether oxygens (including phenoxy) is 1. The van der Waals surface area contributed by atoms with Crippen LogP contribution in [0.1, 0.15) is 23.7 Å². The molecule has 1 unspecified atom stereocenters. The van der Waals surface area contributed by atoms with Crippen LogP contribution < -0.4 is 10.1 Å². The molecule has 1 atom stereocenters. The highest BCUT2D eigenvalue weighted by atomic mass is 16.5. The normalized spacial score (nSPS) is 22.1. The van der Waals surface area contributed by atoms with E-state index < -0.39 is 0 Å². The summed E-state index contributed by atoms with van der Waals surface area (Å²) in [4.78, 5) is 14.4. The molecule has 0 aromatic heterocycles. The van der Waals surface area contributed by atoms with Gasteiger partial charge in [0, 0.05) is 19.6 Å². The summed E-state index contributed by atoms with van der Waals surface area (Å²) in [5.74, 6) is 1.42. The van der Waals surface area contributed by atoms with E-state index in [9.17, 15) is 4.79 Å². The van der Waals surface area contributed by atoms with Crippen LogP contribution >= 0.6 is 0 Å². The summed E-state index contributed by atoms with van der Waals surface area (Å²) >= 11 is 0. The zero-order chi connectivity index (χ0) is 12.5. The lowest BCUT2D eigenvalue weighted by Crippen LogP contribution is -2.30. The molecule has 4 heteroatoms. The molecule has 0 aliphatic carbocycles. The van der Waals surface area contributed by atoms with Gasteiger partial charge in [-0.15, -0.1) is 0 Å². The first-order valence-electron chi connectivity index (χ1n) is 6.54.